The molecule has 0 aliphatic rings. The zero-order valence-corrected chi connectivity index (χ0v) is 12.1. The third kappa shape index (κ3) is 4.49. The molecule has 0 radical (unpaired) electrons. The third-order valence-corrected chi connectivity index (χ3v) is 3.20. The molecule has 112 valence electrons. The van der Waals surface area contributed by atoms with Gasteiger partial charge in [-0.3, -0.25) is 4.79 Å². The van der Waals surface area contributed by atoms with Gasteiger partial charge in [-0.25, -0.2) is 4.39 Å². The first-order valence-corrected chi connectivity index (χ1v) is 6.66. The second-order valence-electron chi connectivity index (χ2n) is 5.60. The van der Waals surface area contributed by atoms with E-state index in [4.69, 9.17) is 15.6 Å². The molecule has 1 aromatic rings. The van der Waals surface area contributed by atoms with Gasteiger partial charge in [-0.1, -0.05) is 6.92 Å². The highest BCUT2D eigenvalue weighted by atomic mass is 19.1. The number of aliphatic carboxylic acids is 1. The maximum Gasteiger partial charge on any atom is 0.312 e. The number of carboxylic acids is 1. The fourth-order valence-electron chi connectivity index (χ4n) is 1.60. The molecule has 0 aliphatic heterocycles. The smallest absolute Gasteiger partial charge is 0.312 e. The highest BCUT2D eigenvalue weighted by Gasteiger charge is 2.28. The van der Waals surface area contributed by atoms with E-state index in [2.05, 4.69) is 0 Å². The molecule has 0 aromatic heterocycles. The van der Waals surface area contributed by atoms with Crippen LogP contribution in [0.25, 0.3) is 0 Å². The molecule has 3 N–H and O–H groups in total. The number of hydrogen-bond acceptors (Lipinski definition) is 3. The summed E-state index contributed by atoms with van der Waals surface area (Å²) in [6, 6.07) is 4.12. The molecule has 0 fully saturated rings. The molecular weight excluding hydrogens is 261 g/mol. The molecule has 0 aliphatic carbocycles. The van der Waals surface area contributed by atoms with Gasteiger partial charge in [0.05, 0.1) is 5.41 Å². The molecule has 1 unspecified atom stereocenters. The molecule has 0 heterocycles. The molecule has 5 heteroatoms. The second kappa shape index (κ2) is 6.70. The zero-order valence-electron chi connectivity index (χ0n) is 12.1. The van der Waals surface area contributed by atoms with Gasteiger partial charge in [0.15, 0.2) is 0 Å². The van der Waals surface area contributed by atoms with Crippen LogP contribution in [-0.2, 0) is 11.2 Å². The Kier molecular flexibility index (Phi) is 5.51. The highest BCUT2D eigenvalue weighted by Crippen LogP contribution is 2.24. The predicted molar refractivity (Wildman–Crippen MR) is 75.3 cm³/mol. The Balaban J connectivity index is 2.86. The number of halogens is 1. The lowest BCUT2D eigenvalue weighted by Crippen LogP contribution is -2.31. The first-order chi connectivity index (χ1) is 9.26. The van der Waals surface area contributed by atoms with Crippen molar-refractivity contribution in [3.63, 3.8) is 0 Å². The van der Waals surface area contributed by atoms with Gasteiger partial charge in [-0.05, 0) is 50.5 Å². The molecule has 1 rings (SSSR count). The molecule has 4 nitrogen and oxygen atoms in total. The Morgan fingerprint density at radius 2 is 2.15 bits per heavy atom. The van der Waals surface area contributed by atoms with E-state index in [0.29, 0.717) is 17.7 Å². The van der Waals surface area contributed by atoms with E-state index in [1.165, 1.54) is 18.2 Å². The van der Waals surface area contributed by atoms with Crippen LogP contribution in [0.15, 0.2) is 18.2 Å². The Hall–Kier alpha value is -1.62. The van der Waals surface area contributed by atoms with Crippen molar-refractivity contribution < 1.29 is 19.0 Å². The fraction of sp³-hybridized carbons (Fsp3) is 0.533. The molecule has 0 saturated carbocycles. The topological polar surface area (TPSA) is 72.5 Å². The third-order valence-electron chi connectivity index (χ3n) is 3.20. The normalized spacial score (nSPS) is 13.1. The first kappa shape index (κ1) is 16.4. The summed E-state index contributed by atoms with van der Waals surface area (Å²) < 4.78 is 18.9. The lowest BCUT2D eigenvalue weighted by Gasteiger charge is -2.21. The number of carbonyl (C=O) groups is 1. The van der Waals surface area contributed by atoms with Crippen LogP contribution < -0.4 is 10.5 Å². The van der Waals surface area contributed by atoms with Gasteiger partial charge >= 0.3 is 5.97 Å². The SMILES string of the molecule is CCC(N)Cc1cc(F)ccc1OCC(C)(C)C(=O)O. The number of hydrogen-bond donors (Lipinski definition) is 2. The largest absolute Gasteiger partial charge is 0.492 e. The van der Waals surface area contributed by atoms with Crippen molar-refractivity contribution in [1.29, 1.82) is 0 Å². The number of ether oxygens (including phenoxy) is 1. The highest BCUT2D eigenvalue weighted by molar-refractivity contribution is 5.73. The standard InChI is InChI=1S/C15H22FNO3/c1-4-12(17)8-10-7-11(16)5-6-13(10)20-9-15(2,3)14(18)19/h5-7,12H,4,8-9,17H2,1-3H3,(H,18,19). The van der Waals surface area contributed by atoms with Crippen LogP contribution in [-0.4, -0.2) is 23.7 Å². The minimum absolute atomic E-state index is 0.0162. The van der Waals surface area contributed by atoms with Crippen LogP contribution in [0.4, 0.5) is 4.39 Å². The second-order valence-corrected chi connectivity index (χ2v) is 5.60. The molecule has 0 bridgehead atoms. The number of carboxylic acid groups (broad SMARTS) is 1. The summed E-state index contributed by atoms with van der Waals surface area (Å²) in [4.78, 5) is 11.0. The van der Waals surface area contributed by atoms with Gasteiger partial charge in [0, 0.05) is 6.04 Å². The van der Waals surface area contributed by atoms with Gasteiger partial charge in [-0.15, -0.1) is 0 Å². The van der Waals surface area contributed by atoms with Crippen LogP contribution >= 0.6 is 0 Å². The van der Waals surface area contributed by atoms with Crippen LogP contribution in [0, 0.1) is 11.2 Å². The Bertz CT molecular complexity index is 474. The van der Waals surface area contributed by atoms with Crippen LogP contribution in [0.2, 0.25) is 0 Å². The van der Waals surface area contributed by atoms with E-state index < -0.39 is 11.4 Å². The van der Waals surface area contributed by atoms with Crippen molar-refractivity contribution in [2.45, 2.75) is 39.7 Å². The number of benzene rings is 1. The monoisotopic (exact) mass is 283 g/mol. The summed E-state index contributed by atoms with van der Waals surface area (Å²) in [6.07, 6.45) is 1.27. The van der Waals surface area contributed by atoms with Crippen molar-refractivity contribution in [3.05, 3.63) is 29.6 Å². The molecule has 0 amide bonds. The van der Waals surface area contributed by atoms with Gasteiger partial charge in [0.25, 0.3) is 0 Å². The molecule has 1 aromatic carbocycles. The van der Waals surface area contributed by atoms with E-state index in [0.717, 1.165) is 6.42 Å². The summed E-state index contributed by atoms with van der Waals surface area (Å²) >= 11 is 0. The van der Waals surface area contributed by atoms with Gasteiger partial charge in [0.2, 0.25) is 0 Å². The average Bonchev–Trinajstić information content (AvgIpc) is 2.37. The quantitative estimate of drug-likeness (QED) is 0.806. The van der Waals surface area contributed by atoms with Gasteiger partial charge in [-0.2, -0.15) is 0 Å². The Morgan fingerprint density at radius 3 is 2.70 bits per heavy atom. The number of rotatable bonds is 7. The predicted octanol–water partition coefficient (Wildman–Crippen LogP) is 2.60. The lowest BCUT2D eigenvalue weighted by atomic mass is 9.95. The lowest BCUT2D eigenvalue weighted by molar-refractivity contribution is -0.148. The van der Waals surface area contributed by atoms with E-state index in [9.17, 15) is 9.18 Å². The molecule has 20 heavy (non-hydrogen) atoms. The summed E-state index contributed by atoms with van der Waals surface area (Å²) in [5.74, 6) is -0.802. The van der Waals surface area contributed by atoms with Crippen LogP contribution in [0.3, 0.4) is 0 Å². The summed E-state index contributed by atoms with van der Waals surface area (Å²) in [7, 11) is 0. The summed E-state index contributed by atoms with van der Waals surface area (Å²) in [5, 5.41) is 9.06. The molecule has 0 saturated heterocycles. The maximum atomic E-state index is 13.3. The molecule has 1 atom stereocenters. The van der Waals surface area contributed by atoms with Gasteiger partial charge < -0.3 is 15.6 Å². The minimum Gasteiger partial charge on any atom is -0.492 e. The van der Waals surface area contributed by atoms with E-state index in [-0.39, 0.29) is 18.5 Å². The summed E-state index contributed by atoms with van der Waals surface area (Å²) in [5.41, 5.74) is 5.55. The van der Waals surface area contributed by atoms with E-state index in [1.807, 2.05) is 6.92 Å². The number of nitrogens with two attached hydrogens (primary N) is 1. The fourth-order valence-corrected chi connectivity index (χ4v) is 1.60. The zero-order chi connectivity index (χ0) is 15.3. The van der Waals surface area contributed by atoms with Crippen LogP contribution in [0.1, 0.15) is 32.8 Å². The van der Waals surface area contributed by atoms with Crippen molar-refractivity contribution in [2.24, 2.45) is 11.1 Å². The van der Waals surface area contributed by atoms with Crippen molar-refractivity contribution >= 4 is 5.97 Å². The van der Waals surface area contributed by atoms with Crippen molar-refractivity contribution in [1.82, 2.24) is 0 Å². The van der Waals surface area contributed by atoms with Gasteiger partial charge in [0.1, 0.15) is 18.2 Å². The molecule has 0 spiro atoms. The van der Waals surface area contributed by atoms with Crippen LogP contribution in [0.5, 0.6) is 5.75 Å². The Labute approximate surface area is 118 Å². The van der Waals surface area contributed by atoms with Crippen molar-refractivity contribution in [3.8, 4) is 5.75 Å². The van der Waals surface area contributed by atoms with Crippen molar-refractivity contribution in [2.75, 3.05) is 6.61 Å². The first-order valence-electron chi connectivity index (χ1n) is 6.66. The average molecular weight is 283 g/mol. The Morgan fingerprint density at radius 1 is 1.50 bits per heavy atom. The molecular formula is C15H22FNO3. The summed E-state index contributed by atoms with van der Waals surface area (Å²) in [6.45, 7) is 5.13. The van der Waals surface area contributed by atoms with E-state index >= 15 is 0 Å². The minimum atomic E-state index is -1.00. The maximum absolute atomic E-state index is 13.3. The van der Waals surface area contributed by atoms with E-state index in [1.54, 1.807) is 13.8 Å².